The van der Waals surface area contributed by atoms with Crippen LogP contribution in [0.1, 0.15) is 11.4 Å². The van der Waals surface area contributed by atoms with E-state index in [1.807, 2.05) is 84.9 Å². The maximum Gasteiger partial charge on any atom is 0.325 e. The van der Waals surface area contributed by atoms with Crippen molar-refractivity contribution >= 4 is 44.7 Å². The molecule has 0 aliphatic carbocycles. The molecule has 5 rings (SSSR count). The largest absolute Gasteiger partial charge is 0.710 e. The molecule has 0 radical (unpaired) electrons. The number of hydrogen-bond acceptors (Lipinski definition) is 2. The van der Waals surface area contributed by atoms with Crippen LogP contribution in [0.5, 0.6) is 0 Å². The van der Waals surface area contributed by atoms with Gasteiger partial charge in [-0.1, -0.05) is 66.7 Å². The molecule has 1 aromatic heterocycles. The summed E-state index contributed by atoms with van der Waals surface area (Å²) < 4.78 is 1.81. The molecular weight excluding hydrogens is 336 g/mol. The molecule has 130 valence electrons. The first-order valence-corrected chi connectivity index (χ1v) is 8.75. The fraction of sp³-hybridized carbons (Fsp3) is 0. The Hall–Kier alpha value is -3.79. The Morgan fingerprint density at radius 2 is 1.26 bits per heavy atom. The summed E-state index contributed by atoms with van der Waals surface area (Å²) in [5.74, 6) is 0.176. The summed E-state index contributed by atoms with van der Waals surface area (Å²) in [7, 11) is 0. The van der Waals surface area contributed by atoms with Crippen LogP contribution in [0.25, 0.3) is 44.7 Å². The van der Waals surface area contributed by atoms with Crippen LogP contribution in [-0.4, -0.2) is 9.94 Å². The molecule has 0 aliphatic rings. The first kappa shape index (κ1) is 15.5. The van der Waals surface area contributed by atoms with Gasteiger partial charge in [0.15, 0.2) is 5.52 Å². The fourth-order valence-electron chi connectivity index (χ4n) is 3.71. The molecule has 0 spiro atoms. The summed E-state index contributed by atoms with van der Waals surface area (Å²) in [6.45, 7) is 0. The first-order chi connectivity index (χ1) is 13.3. The lowest BCUT2D eigenvalue weighted by molar-refractivity contribution is -0.581. The monoisotopic (exact) mass is 352 g/mol. The third-order valence-corrected chi connectivity index (χ3v) is 4.94. The van der Waals surface area contributed by atoms with Gasteiger partial charge < -0.3 is 10.4 Å². The third kappa shape index (κ3) is 2.27. The van der Waals surface area contributed by atoms with E-state index in [4.69, 9.17) is 0 Å². The summed E-state index contributed by atoms with van der Waals surface area (Å²) in [5, 5.41) is 27.6. The molecule has 1 heterocycles. The minimum Gasteiger partial charge on any atom is -0.710 e. The van der Waals surface area contributed by atoms with Crippen LogP contribution in [0.3, 0.4) is 0 Å². The van der Waals surface area contributed by atoms with Crippen molar-refractivity contribution in [2.45, 2.75) is 0 Å². The van der Waals surface area contributed by atoms with Crippen LogP contribution < -0.4 is 4.73 Å². The molecule has 0 unspecified atom stereocenters. The van der Waals surface area contributed by atoms with Crippen molar-refractivity contribution in [3.63, 3.8) is 0 Å². The summed E-state index contributed by atoms with van der Waals surface area (Å²) in [4.78, 5) is 0. The van der Waals surface area contributed by atoms with E-state index in [1.54, 1.807) is 6.08 Å². The predicted octanol–water partition coefficient (Wildman–Crippen LogP) is 4.99. The average molecular weight is 352 g/mol. The van der Waals surface area contributed by atoms with E-state index in [1.165, 1.54) is 0 Å². The summed E-state index contributed by atoms with van der Waals surface area (Å²) in [6.07, 6.45) is 3.46. The molecule has 0 fully saturated rings. The SMILES string of the molecule is [O-][n+]1c(/C=C/c2ccccc2)n(O)c2c3ccccc3c3ccccc3c21. The molecule has 0 saturated carbocycles. The number of aromatic nitrogens is 2. The van der Waals surface area contributed by atoms with Gasteiger partial charge in [0.05, 0.1) is 0 Å². The molecule has 0 aliphatic heterocycles. The first-order valence-electron chi connectivity index (χ1n) is 8.75. The van der Waals surface area contributed by atoms with E-state index in [9.17, 15) is 10.4 Å². The quantitative estimate of drug-likeness (QED) is 0.211. The molecule has 5 aromatic rings. The Balaban J connectivity index is 1.89. The van der Waals surface area contributed by atoms with Crippen molar-refractivity contribution in [2.24, 2.45) is 0 Å². The maximum absolute atomic E-state index is 13.1. The highest BCUT2D eigenvalue weighted by atomic mass is 16.5. The highest BCUT2D eigenvalue weighted by Gasteiger charge is 2.24. The lowest BCUT2D eigenvalue weighted by Gasteiger charge is -2.06. The average Bonchev–Trinajstić information content (AvgIpc) is 2.98. The summed E-state index contributed by atoms with van der Waals surface area (Å²) in [5.41, 5.74) is 1.95. The van der Waals surface area contributed by atoms with Crippen molar-refractivity contribution in [1.29, 1.82) is 0 Å². The molecule has 0 saturated heterocycles. The Morgan fingerprint density at radius 3 is 1.96 bits per heavy atom. The lowest BCUT2D eigenvalue weighted by atomic mass is 10.00. The molecule has 0 amide bonds. The van der Waals surface area contributed by atoms with Crippen LogP contribution >= 0.6 is 0 Å². The van der Waals surface area contributed by atoms with Gasteiger partial charge in [-0.05, 0) is 39.3 Å². The van der Waals surface area contributed by atoms with E-state index in [2.05, 4.69) is 0 Å². The zero-order valence-electron chi connectivity index (χ0n) is 14.4. The second-order valence-electron chi connectivity index (χ2n) is 6.50. The van der Waals surface area contributed by atoms with E-state index < -0.39 is 0 Å². The van der Waals surface area contributed by atoms with Crippen LogP contribution in [0.15, 0.2) is 78.9 Å². The minimum atomic E-state index is 0.176. The van der Waals surface area contributed by atoms with Crippen LogP contribution in [0.4, 0.5) is 0 Å². The van der Waals surface area contributed by atoms with Crippen molar-refractivity contribution < 1.29 is 9.94 Å². The second kappa shape index (κ2) is 5.88. The molecule has 0 atom stereocenters. The highest BCUT2D eigenvalue weighted by Crippen LogP contribution is 2.34. The van der Waals surface area contributed by atoms with E-state index >= 15 is 0 Å². The normalized spacial score (nSPS) is 11.9. The van der Waals surface area contributed by atoms with Gasteiger partial charge in [0.2, 0.25) is 5.52 Å². The molecule has 0 bridgehead atoms. The molecule has 4 heteroatoms. The van der Waals surface area contributed by atoms with E-state index in [0.29, 0.717) is 11.0 Å². The molecule has 4 nitrogen and oxygen atoms in total. The molecule has 1 N–H and O–H groups in total. The van der Waals surface area contributed by atoms with Gasteiger partial charge in [-0.25, -0.2) is 4.73 Å². The zero-order valence-corrected chi connectivity index (χ0v) is 14.4. The summed E-state index contributed by atoms with van der Waals surface area (Å²) >= 11 is 0. The predicted molar refractivity (Wildman–Crippen MR) is 108 cm³/mol. The van der Waals surface area contributed by atoms with Crippen molar-refractivity contribution in [3.05, 3.63) is 95.5 Å². The van der Waals surface area contributed by atoms with Crippen LogP contribution in [0.2, 0.25) is 0 Å². The van der Waals surface area contributed by atoms with Crippen LogP contribution in [0, 0.1) is 5.21 Å². The van der Waals surface area contributed by atoms with Gasteiger partial charge in [0, 0.05) is 16.8 Å². The van der Waals surface area contributed by atoms with Gasteiger partial charge in [0.1, 0.15) is 0 Å². The molecule has 4 aromatic carbocycles. The van der Waals surface area contributed by atoms with Gasteiger partial charge in [-0.3, -0.25) is 0 Å². The van der Waals surface area contributed by atoms with Gasteiger partial charge in [-0.2, -0.15) is 0 Å². The zero-order chi connectivity index (χ0) is 18.4. The molecular formula is C23H16N2O2. The second-order valence-corrected chi connectivity index (χ2v) is 6.50. The van der Waals surface area contributed by atoms with E-state index in [-0.39, 0.29) is 5.82 Å². The number of rotatable bonds is 2. The van der Waals surface area contributed by atoms with Crippen molar-refractivity contribution in [3.8, 4) is 0 Å². The maximum atomic E-state index is 13.1. The van der Waals surface area contributed by atoms with Crippen molar-refractivity contribution in [2.75, 3.05) is 0 Å². The van der Waals surface area contributed by atoms with Gasteiger partial charge in [-0.15, -0.1) is 0 Å². The number of fused-ring (bicyclic) bond motifs is 6. The van der Waals surface area contributed by atoms with Gasteiger partial charge in [0.25, 0.3) is 0 Å². The Morgan fingerprint density at radius 1 is 0.704 bits per heavy atom. The number of benzene rings is 4. The van der Waals surface area contributed by atoms with Crippen LogP contribution in [-0.2, 0) is 0 Å². The number of hydrogen-bond donors (Lipinski definition) is 1. The standard InChI is InChI=1S/C23H16N2O2/c26-24-21(15-14-16-8-2-1-3-9-16)25(27)23-20-13-7-5-11-18(20)17-10-4-6-12-19(17)22(23)24/h1-15,26H/b15-14+. The lowest BCUT2D eigenvalue weighted by Crippen LogP contribution is -2.29. The molecule has 27 heavy (non-hydrogen) atoms. The highest BCUT2D eigenvalue weighted by molar-refractivity contribution is 6.22. The Kier molecular flexibility index (Phi) is 3.37. The van der Waals surface area contributed by atoms with E-state index in [0.717, 1.165) is 36.6 Å². The summed E-state index contributed by atoms with van der Waals surface area (Å²) in [6, 6.07) is 25.3. The number of imidazole rings is 1. The third-order valence-electron chi connectivity index (χ3n) is 4.94. The topological polar surface area (TPSA) is 52.1 Å². The number of nitrogens with zero attached hydrogens (tertiary/aromatic N) is 2. The fourth-order valence-corrected chi connectivity index (χ4v) is 3.71. The Bertz CT molecular complexity index is 1260. The minimum absolute atomic E-state index is 0.176. The van der Waals surface area contributed by atoms with Gasteiger partial charge >= 0.3 is 5.82 Å². The smallest absolute Gasteiger partial charge is 0.325 e. The Labute approximate surface area is 155 Å². The van der Waals surface area contributed by atoms with Crippen molar-refractivity contribution in [1.82, 2.24) is 4.73 Å².